The average Bonchev–Trinajstić information content (AvgIpc) is 2.64. The van der Waals surface area contributed by atoms with Crippen molar-refractivity contribution in [1.29, 1.82) is 0 Å². The van der Waals surface area contributed by atoms with Gasteiger partial charge in [0, 0.05) is 21.8 Å². The third-order valence-electron chi connectivity index (χ3n) is 3.83. The summed E-state index contributed by atoms with van der Waals surface area (Å²) in [5, 5.41) is 16.5. The summed E-state index contributed by atoms with van der Waals surface area (Å²) in [4.78, 5) is 23.2. The van der Waals surface area contributed by atoms with Crippen LogP contribution >= 0.6 is 28.1 Å². The molecule has 0 atom stereocenters. The molecule has 28 heavy (non-hydrogen) atoms. The minimum Gasteiger partial charge on any atom is -0.493 e. The Morgan fingerprint density at radius 1 is 1.29 bits per heavy atom. The molecule has 0 saturated heterocycles. The molecule has 2 rings (SSSR count). The standard InChI is InChI=1S/C19H20BrN3O4S/c1-3-4-9-27-17-8-6-13(20)10-15(17)18(24)22-19(28)21-14-7-5-12(2)16(11-14)23(25)26/h5-8,10-11H,3-4,9H2,1-2H3,(H2,21,22,24,28). The van der Waals surface area contributed by atoms with E-state index in [4.69, 9.17) is 17.0 Å². The van der Waals surface area contributed by atoms with E-state index in [0.29, 0.717) is 29.2 Å². The van der Waals surface area contributed by atoms with E-state index in [1.54, 1.807) is 37.3 Å². The lowest BCUT2D eigenvalue weighted by Gasteiger charge is -2.13. The second-order valence-corrected chi connectivity index (χ2v) is 7.33. The number of halogens is 1. The van der Waals surface area contributed by atoms with Crippen molar-refractivity contribution in [2.45, 2.75) is 26.7 Å². The van der Waals surface area contributed by atoms with E-state index in [1.807, 2.05) is 0 Å². The van der Waals surface area contributed by atoms with Gasteiger partial charge < -0.3 is 10.1 Å². The Balaban J connectivity index is 2.10. The number of rotatable bonds is 7. The minimum absolute atomic E-state index is 0.0299. The number of unbranched alkanes of at least 4 members (excludes halogenated alkanes) is 1. The summed E-state index contributed by atoms with van der Waals surface area (Å²) >= 11 is 8.52. The van der Waals surface area contributed by atoms with Gasteiger partial charge in [-0.3, -0.25) is 20.2 Å². The molecule has 0 fully saturated rings. The summed E-state index contributed by atoms with van der Waals surface area (Å²) < 4.78 is 6.42. The molecule has 0 saturated carbocycles. The van der Waals surface area contributed by atoms with Crippen molar-refractivity contribution in [3.63, 3.8) is 0 Å². The maximum Gasteiger partial charge on any atom is 0.274 e. The lowest BCUT2D eigenvalue weighted by Crippen LogP contribution is -2.34. The lowest BCUT2D eigenvalue weighted by molar-refractivity contribution is -0.385. The molecular weight excluding hydrogens is 446 g/mol. The van der Waals surface area contributed by atoms with Crippen LogP contribution in [0.15, 0.2) is 40.9 Å². The van der Waals surface area contributed by atoms with Crippen LogP contribution in [0.4, 0.5) is 11.4 Å². The Kier molecular flexibility index (Phi) is 7.89. The van der Waals surface area contributed by atoms with Gasteiger partial charge in [0.05, 0.1) is 17.1 Å². The molecule has 2 aromatic carbocycles. The van der Waals surface area contributed by atoms with E-state index < -0.39 is 10.8 Å². The van der Waals surface area contributed by atoms with E-state index >= 15 is 0 Å². The number of thiocarbonyl (C=S) groups is 1. The number of aryl methyl sites for hydroxylation is 1. The number of nitrogens with one attached hydrogen (secondary N) is 2. The number of hydrogen-bond donors (Lipinski definition) is 2. The summed E-state index contributed by atoms with van der Waals surface area (Å²) in [6.45, 7) is 4.21. The average molecular weight is 466 g/mol. The van der Waals surface area contributed by atoms with Gasteiger partial charge in [-0.25, -0.2) is 0 Å². The minimum atomic E-state index is -0.469. The topological polar surface area (TPSA) is 93.5 Å². The molecule has 0 heterocycles. The Hall–Kier alpha value is -2.52. The van der Waals surface area contributed by atoms with Crippen LogP contribution in [0.1, 0.15) is 35.7 Å². The summed E-state index contributed by atoms with van der Waals surface area (Å²) in [6, 6.07) is 9.79. The number of carbonyl (C=O) groups excluding carboxylic acids is 1. The van der Waals surface area contributed by atoms with Gasteiger partial charge >= 0.3 is 0 Å². The van der Waals surface area contributed by atoms with Crippen molar-refractivity contribution in [2.75, 3.05) is 11.9 Å². The van der Waals surface area contributed by atoms with Crippen molar-refractivity contribution in [3.8, 4) is 5.75 Å². The number of amides is 1. The van der Waals surface area contributed by atoms with Crippen molar-refractivity contribution in [3.05, 3.63) is 62.1 Å². The van der Waals surface area contributed by atoms with Gasteiger partial charge in [0.1, 0.15) is 5.75 Å². The fourth-order valence-electron chi connectivity index (χ4n) is 2.35. The third kappa shape index (κ3) is 6.00. The van der Waals surface area contributed by atoms with Crippen molar-refractivity contribution in [2.24, 2.45) is 0 Å². The van der Waals surface area contributed by atoms with Crippen molar-refractivity contribution >= 4 is 50.5 Å². The normalized spacial score (nSPS) is 10.2. The van der Waals surface area contributed by atoms with Crippen LogP contribution in [0.3, 0.4) is 0 Å². The number of hydrogen-bond acceptors (Lipinski definition) is 5. The van der Waals surface area contributed by atoms with Crippen LogP contribution in [0.2, 0.25) is 0 Å². The fraction of sp³-hybridized carbons (Fsp3) is 0.263. The first-order chi connectivity index (χ1) is 13.3. The lowest BCUT2D eigenvalue weighted by atomic mass is 10.2. The molecule has 2 N–H and O–H groups in total. The van der Waals surface area contributed by atoms with Crippen LogP contribution in [0.25, 0.3) is 0 Å². The summed E-state index contributed by atoms with van der Waals surface area (Å²) in [6.07, 6.45) is 1.86. The Bertz CT molecular complexity index is 905. The largest absolute Gasteiger partial charge is 0.493 e. The molecule has 2 aromatic rings. The van der Waals surface area contributed by atoms with Crippen molar-refractivity contribution in [1.82, 2.24) is 5.32 Å². The first kappa shape index (κ1) is 21.8. The second-order valence-electron chi connectivity index (χ2n) is 6.01. The van der Waals surface area contributed by atoms with Gasteiger partial charge in [0.2, 0.25) is 0 Å². The maximum absolute atomic E-state index is 12.6. The molecule has 1 amide bonds. The first-order valence-corrected chi connectivity index (χ1v) is 9.81. The SMILES string of the molecule is CCCCOc1ccc(Br)cc1C(=O)NC(=S)Nc1ccc(C)c([N+](=O)[O-])c1. The number of nitrogens with zero attached hydrogens (tertiary/aromatic N) is 1. The molecule has 0 aromatic heterocycles. The number of benzene rings is 2. The highest BCUT2D eigenvalue weighted by Crippen LogP contribution is 2.24. The van der Waals surface area contributed by atoms with Crippen LogP contribution in [0, 0.1) is 17.0 Å². The van der Waals surface area contributed by atoms with Crippen LogP contribution in [-0.2, 0) is 0 Å². The zero-order chi connectivity index (χ0) is 20.7. The molecular formula is C19H20BrN3O4S. The van der Waals surface area contributed by atoms with Gasteiger partial charge in [0.25, 0.3) is 11.6 Å². The summed E-state index contributed by atoms with van der Waals surface area (Å²) in [5.41, 5.74) is 1.26. The van der Waals surface area contributed by atoms with Crippen LogP contribution in [0.5, 0.6) is 5.75 Å². The number of nitro benzene ring substituents is 1. The van der Waals surface area contributed by atoms with Crippen LogP contribution < -0.4 is 15.4 Å². The predicted octanol–water partition coefficient (Wildman–Crippen LogP) is 4.97. The maximum atomic E-state index is 12.6. The Labute approximate surface area is 176 Å². The van der Waals surface area contributed by atoms with Gasteiger partial charge in [-0.05, 0) is 49.8 Å². The first-order valence-electron chi connectivity index (χ1n) is 8.61. The predicted molar refractivity (Wildman–Crippen MR) is 116 cm³/mol. The summed E-state index contributed by atoms with van der Waals surface area (Å²) in [7, 11) is 0. The smallest absolute Gasteiger partial charge is 0.274 e. The fourth-order valence-corrected chi connectivity index (χ4v) is 2.92. The molecule has 7 nitrogen and oxygen atoms in total. The van der Waals surface area contributed by atoms with Crippen molar-refractivity contribution < 1.29 is 14.5 Å². The molecule has 0 spiro atoms. The van der Waals surface area contributed by atoms with Gasteiger partial charge in [0.15, 0.2) is 5.11 Å². The van der Waals surface area contributed by atoms with E-state index in [-0.39, 0.29) is 10.8 Å². The second kappa shape index (κ2) is 10.1. The van der Waals surface area contributed by atoms with E-state index in [0.717, 1.165) is 17.3 Å². The molecule has 0 aliphatic heterocycles. The molecule has 0 bridgehead atoms. The highest BCUT2D eigenvalue weighted by molar-refractivity contribution is 9.10. The number of carbonyl (C=O) groups is 1. The van der Waals surface area contributed by atoms with Gasteiger partial charge in [-0.1, -0.05) is 35.3 Å². The summed E-state index contributed by atoms with van der Waals surface area (Å²) in [5.74, 6) is 0.0230. The highest BCUT2D eigenvalue weighted by Gasteiger charge is 2.16. The Morgan fingerprint density at radius 3 is 2.71 bits per heavy atom. The molecule has 148 valence electrons. The third-order valence-corrected chi connectivity index (χ3v) is 4.53. The van der Waals surface area contributed by atoms with Gasteiger partial charge in [-0.2, -0.15) is 0 Å². The Morgan fingerprint density at radius 2 is 2.04 bits per heavy atom. The molecule has 0 radical (unpaired) electrons. The number of anilines is 1. The molecule has 0 unspecified atom stereocenters. The van der Waals surface area contributed by atoms with Gasteiger partial charge in [-0.15, -0.1) is 0 Å². The molecule has 0 aliphatic rings. The zero-order valence-corrected chi connectivity index (χ0v) is 17.9. The van der Waals surface area contributed by atoms with E-state index in [1.165, 1.54) is 6.07 Å². The number of ether oxygens (including phenoxy) is 1. The number of nitro groups is 1. The molecule has 0 aliphatic carbocycles. The van der Waals surface area contributed by atoms with Crippen LogP contribution in [-0.4, -0.2) is 22.5 Å². The molecule has 9 heteroatoms. The quantitative estimate of drug-likeness (QED) is 0.259. The monoisotopic (exact) mass is 465 g/mol. The van der Waals surface area contributed by atoms with E-state index in [2.05, 4.69) is 33.5 Å². The zero-order valence-electron chi connectivity index (χ0n) is 15.5. The highest BCUT2D eigenvalue weighted by atomic mass is 79.9. The van der Waals surface area contributed by atoms with E-state index in [9.17, 15) is 14.9 Å².